The third-order valence-electron chi connectivity index (χ3n) is 5.94. The van der Waals surface area contributed by atoms with Crippen molar-refractivity contribution in [2.24, 2.45) is 0 Å². The Morgan fingerprint density at radius 2 is 2.03 bits per heavy atom. The van der Waals surface area contributed by atoms with Crippen molar-refractivity contribution in [2.75, 3.05) is 17.6 Å². The van der Waals surface area contributed by atoms with E-state index in [0.717, 1.165) is 31.0 Å². The Morgan fingerprint density at radius 1 is 1.21 bits per heavy atom. The molecule has 1 unspecified atom stereocenters. The molecule has 0 aliphatic carbocycles. The van der Waals surface area contributed by atoms with Gasteiger partial charge in [0.05, 0.1) is 11.4 Å². The molecular weight excluding hydrogens is 423 g/mol. The lowest BCUT2D eigenvalue weighted by Gasteiger charge is -2.30. The van der Waals surface area contributed by atoms with Gasteiger partial charge in [-0.3, -0.25) is 4.79 Å². The van der Waals surface area contributed by atoms with E-state index in [4.69, 9.17) is 10.8 Å². The van der Waals surface area contributed by atoms with Gasteiger partial charge in [-0.1, -0.05) is 12.1 Å². The molecule has 1 aliphatic heterocycles. The highest BCUT2D eigenvalue weighted by Crippen LogP contribution is 2.34. The average Bonchev–Trinajstić information content (AvgIpc) is 3.20. The normalized spacial score (nSPS) is 18.4. The molecule has 0 spiro atoms. The van der Waals surface area contributed by atoms with E-state index in [1.165, 1.54) is 18.6 Å². The minimum absolute atomic E-state index is 0.146. The topological polar surface area (TPSA) is 124 Å². The SMILES string of the molecule is C[C@H]1NCCCC1n1nc(-c2ccc(C(=O)Nc3cc(F)ccn3)cc2)c2c(N)ncnc21. The van der Waals surface area contributed by atoms with Gasteiger partial charge in [0, 0.05) is 29.4 Å². The Hall–Kier alpha value is -3.92. The Bertz CT molecular complexity index is 1320. The molecule has 1 saturated heterocycles. The fourth-order valence-electron chi connectivity index (χ4n) is 4.23. The Morgan fingerprint density at radius 3 is 2.79 bits per heavy atom. The van der Waals surface area contributed by atoms with E-state index in [-0.39, 0.29) is 23.8 Å². The largest absolute Gasteiger partial charge is 0.383 e. The van der Waals surface area contributed by atoms with Gasteiger partial charge in [0.1, 0.15) is 29.5 Å². The molecule has 9 nitrogen and oxygen atoms in total. The van der Waals surface area contributed by atoms with Crippen molar-refractivity contribution in [3.05, 3.63) is 60.3 Å². The van der Waals surface area contributed by atoms with Gasteiger partial charge in [0.25, 0.3) is 5.91 Å². The molecule has 4 aromatic rings. The van der Waals surface area contributed by atoms with E-state index in [9.17, 15) is 9.18 Å². The van der Waals surface area contributed by atoms with Crippen molar-refractivity contribution in [2.45, 2.75) is 31.8 Å². The van der Waals surface area contributed by atoms with Crippen LogP contribution in [0.15, 0.2) is 48.9 Å². The highest BCUT2D eigenvalue weighted by atomic mass is 19.1. The summed E-state index contributed by atoms with van der Waals surface area (Å²) >= 11 is 0. The van der Waals surface area contributed by atoms with E-state index in [1.54, 1.807) is 24.3 Å². The summed E-state index contributed by atoms with van der Waals surface area (Å²) in [6, 6.07) is 9.73. The summed E-state index contributed by atoms with van der Waals surface area (Å²) in [5.41, 5.74) is 8.78. The molecule has 0 radical (unpaired) electrons. The van der Waals surface area contributed by atoms with Gasteiger partial charge in [-0.25, -0.2) is 24.0 Å². The molecule has 1 amide bonds. The first kappa shape index (κ1) is 21.0. The highest BCUT2D eigenvalue weighted by Gasteiger charge is 2.27. The van der Waals surface area contributed by atoms with Crippen LogP contribution in [0.2, 0.25) is 0 Å². The maximum Gasteiger partial charge on any atom is 0.256 e. The average molecular weight is 446 g/mol. The number of rotatable bonds is 4. The van der Waals surface area contributed by atoms with E-state index >= 15 is 0 Å². The van der Waals surface area contributed by atoms with Gasteiger partial charge in [0.2, 0.25) is 0 Å². The first-order valence-electron chi connectivity index (χ1n) is 10.8. The van der Waals surface area contributed by atoms with Gasteiger partial charge >= 0.3 is 0 Å². The van der Waals surface area contributed by atoms with Gasteiger partial charge in [0.15, 0.2) is 5.65 Å². The van der Waals surface area contributed by atoms with Crippen LogP contribution < -0.4 is 16.4 Å². The summed E-state index contributed by atoms with van der Waals surface area (Å²) < 4.78 is 15.3. The number of benzene rings is 1. The Balaban J connectivity index is 1.48. The fourth-order valence-corrected chi connectivity index (χ4v) is 4.23. The number of carbonyl (C=O) groups is 1. The number of pyridine rings is 1. The van der Waals surface area contributed by atoms with E-state index < -0.39 is 5.82 Å². The Labute approximate surface area is 189 Å². The van der Waals surface area contributed by atoms with Crippen molar-refractivity contribution >= 4 is 28.6 Å². The van der Waals surface area contributed by atoms with E-state index in [2.05, 4.69) is 32.5 Å². The lowest BCUT2D eigenvalue weighted by molar-refractivity contribution is 0.102. The Kier molecular flexibility index (Phi) is 5.43. The summed E-state index contributed by atoms with van der Waals surface area (Å²) in [4.78, 5) is 25.1. The van der Waals surface area contributed by atoms with E-state index in [0.29, 0.717) is 28.1 Å². The van der Waals surface area contributed by atoms with Crippen molar-refractivity contribution in [1.82, 2.24) is 30.0 Å². The number of piperidine rings is 1. The molecule has 4 N–H and O–H groups in total. The van der Waals surface area contributed by atoms with Gasteiger partial charge in [-0.2, -0.15) is 5.10 Å². The molecule has 2 atom stereocenters. The highest BCUT2D eigenvalue weighted by molar-refractivity contribution is 6.04. The number of nitrogens with two attached hydrogens (primary N) is 1. The van der Waals surface area contributed by atoms with Crippen LogP contribution in [0.3, 0.4) is 0 Å². The maximum absolute atomic E-state index is 13.4. The second-order valence-electron chi connectivity index (χ2n) is 8.09. The first-order chi connectivity index (χ1) is 16.0. The quantitative estimate of drug-likeness (QED) is 0.440. The number of nitrogen functional groups attached to an aromatic ring is 1. The minimum Gasteiger partial charge on any atom is -0.383 e. The summed E-state index contributed by atoms with van der Waals surface area (Å²) in [7, 11) is 0. The summed E-state index contributed by atoms with van der Waals surface area (Å²) in [6.07, 6.45) is 4.79. The number of anilines is 2. The van der Waals surface area contributed by atoms with Crippen molar-refractivity contribution in [3.8, 4) is 11.3 Å². The molecule has 1 aliphatic rings. The van der Waals surface area contributed by atoms with Gasteiger partial charge in [-0.15, -0.1) is 0 Å². The fraction of sp³-hybridized carbons (Fsp3) is 0.261. The predicted octanol–water partition coefficient (Wildman–Crippen LogP) is 3.17. The maximum atomic E-state index is 13.4. The molecule has 1 aromatic carbocycles. The standard InChI is InChI=1S/C23H23FN8O/c1-13-17(3-2-9-26-13)32-22-19(21(25)28-12-29-22)20(31-32)14-4-6-15(7-5-14)23(33)30-18-11-16(24)8-10-27-18/h4-8,10-13,17,26H,2-3,9H2,1H3,(H2,25,28,29)(H,27,30,33)/t13-,17?/m1/s1. The first-order valence-corrected chi connectivity index (χ1v) is 10.8. The summed E-state index contributed by atoms with van der Waals surface area (Å²) in [6.45, 7) is 3.12. The lowest BCUT2D eigenvalue weighted by atomic mass is 10.0. The van der Waals surface area contributed by atoms with Crippen LogP contribution in [0, 0.1) is 5.82 Å². The monoisotopic (exact) mass is 446 g/mol. The number of amides is 1. The lowest BCUT2D eigenvalue weighted by Crippen LogP contribution is -2.40. The van der Waals surface area contributed by atoms with Crippen molar-refractivity contribution < 1.29 is 9.18 Å². The van der Waals surface area contributed by atoms with Crippen LogP contribution in [0.4, 0.5) is 16.0 Å². The van der Waals surface area contributed by atoms with E-state index in [1.807, 2.05) is 4.68 Å². The minimum atomic E-state index is -0.472. The number of hydrogen-bond donors (Lipinski definition) is 3. The molecule has 168 valence electrons. The smallest absolute Gasteiger partial charge is 0.256 e. The number of aromatic nitrogens is 5. The van der Waals surface area contributed by atoms with Crippen LogP contribution >= 0.6 is 0 Å². The molecule has 3 aromatic heterocycles. The molecule has 1 fully saturated rings. The predicted molar refractivity (Wildman–Crippen MR) is 123 cm³/mol. The van der Waals surface area contributed by atoms with Crippen molar-refractivity contribution in [1.29, 1.82) is 0 Å². The van der Waals surface area contributed by atoms with Gasteiger partial charge in [-0.05, 0) is 44.5 Å². The molecular formula is C23H23FN8O. The number of nitrogens with zero attached hydrogens (tertiary/aromatic N) is 5. The molecule has 0 saturated carbocycles. The zero-order valence-electron chi connectivity index (χ0n) is 18.0. The molecule has 10 heteroatoms. The zero-order chi connectivity index (χ0) is 22.9. The number of fused-ring (bicyclic) bond motifs is 1. The van der Waals surface area contributed by atoms with Crippen LogP contribution in [-0.4, -0.2) is 43.2 Å². The molecule has 5 rings (SSSR count). The van der Waals surface area contributed by atoms with Crippen LogP contribution in [-0.2, 0) is 0 Å². The van der Waals surface area contributed by atoms with Crippen LogP contribution in [0.1, 0.15) is 36.2 Å². The third kappa shape index (κ3) is 4.00. The number of hydrogen-bond acceptors (Lipinski definition) is 7. The third-order valence-corrected chi connectivity index (χ3v) is 5.94. The number of carbonyl (C=O) groups excluding carboxylic acids is 1. The second kappa shape index (κ2) is 8.55. The molecule has 0 bridgehead atoms. The molecule has 33 heavy (non-hydrogen) atoms. The molecule has 4 heterocycles. The van der Waals surface area contributed by atoms with Crippen LogP contribution in [0.5, 0.6) is 0 Å². The summed E-state index contributed by atoms with van der Waals surface area (Å²) in [5, 5.41) is 11.7. The van der Waals surface area contributed by atoms with Gasteiger partial charge < -0.3 is 16.4 Å². The number of halogens is 1. The zero-order valence-corrected chi connectivity index (χ0v) is 18.0. The number of nitrogens with one attached hydrogen (secondary N) is 2. The van der Waals surface area contributed by atoms with Crippen molar-refractivity contribution in [3.63, 3.8) is 0 Å². The second-order valence-corrected chi connectivity index (χ2v) is 8.09. The summed E-state index contributed by atoms with van der Waals surface area (Å²) in [5.74, 6) is -0.356. The van der Waals surface area contributed by atoms with Crippen LogP contribution in [0.25, 0.3) is 22.3 Å².